The molecule has 3 aromatic rings. The van der Waals surface area contributed by atoms with E-state index in [0.29, 0.717) is 16.3 Å². The molecule has 0 fully saturated rings. The summed E-state index contributed by atoms with van der Waals surface area (Å²) in [5, 5.41) is 11.2. The van der Waals surface area contributed by atoms with Crippen molar-refractivity contribution >= 4 is 23.2 Å². The van der Waals surface area contributed by atoms with Crippen molar-refractivity contribution in [1.82, 2.24) is 0 Å². The van der Waals surface area contributed by atoms with Gasteiger partial charge in [0.15, 0.2) is 0 Å². The van der Waals surface area contributed by atoms with Gasteiger partial charge in [0.25, 0.3) is 5.91 Å². The van der Waals surface area contributed by atoms with E-state index in [9.17, 15) is 10.0 Å². The highest BCUT2D eigenvalue weighted by Gasteiger charge is 2.19. The maximum atomic E-state index is 13.0. The van der Waals surface area contributed by atoms with E-state index in [1.165, 1.54) is 0 Å². The molecule has 3 heteroatoms. The number of carbonyl (C=O) groups is 1. The number of benzene rings is 3. The Balaban J connectivity index is 1.93. The summed E-state index contributed by atoms with van der Waals surface area (Å²) >= 11 is 0. The molecule has 1 amide bonds. The molecule has 0 aliphatic rings. The second-order valence-electron chi connectivity index (χ2n) is 6.17. The van der Waals surface area contributed by atoms with Crippen molar-refractivity contribution in [2.24, 2.45) is 0 Å². The first-order chi connectivity index (χ1) is 13.1. The van der Waals surface area contributed by atoms with Gasteiger partial charge in [-0.1, -0.05) is 84.9 Å². The van der Waals surface area contributed by atoms with Crippen LogP contribution < -0.4 is 5.06 Å². The summed E-state index contributed by atoms with van der Waals surface area (Å²) in [6, 6.07) is 26.4. The molecule has 3 rings (SSSR count). The molecule has 3 nitrogen and oxygen atoms in total. The van der Waals surface area contributed by atoms with Gasteiger partial charge in [-0.05, 0) is 41.8 Å². The third-order valence-electron chi connectivity index (χ3n) is 4.10. The molecule has 0 saturated carbocycles. The maximum Gasteiger partial charge on any atom is 0.282 e. The second kappa shape index (κ2) is 8.79. The Morgan fingerprint density at radius 2 is 1.56 bits per heavy atom. The number of hydroxylamine groups is 1. The molecule has 0 aliphatic heterocycles. The van der Waals surface area contributed by atoms with Crippen molar-refractivity contribution in [3.05, 3.63) is 114 Å². The normalized spacial score (nSPS) is 11.6. The molecule has 0 spiro atoms. The Kier molecular flexibility index (Phi) is 5.98. The van der Waals surface area contributed by atoms with Gasteiger partial charge in [0, 0.05) is 5.57 Å². The SMILES string of the molecule is Cc1cccc(N(O)C(=O)/C(=C/C=C/c2ccccc2)c2ccccc2)c1. The van der Waals surface area contributed by atoms with E-state index in [2.05, 4.69) is 0 Å². The molecular formula is C24H21NO2. The second-order valence-corrected chi connectivity index (χ2v) is 6.17. The van der Waals surface area contributed by atoms with Crippen molar-refractivity contribution in [1.29, 1.82) is 0 Å². The highest BCUT2D eigenvalue weighted by molar-refractivity contribution is 6.25. The third kappa shape index (κ3) is 4.81. The Morgan fingerprint density at radius 3 is 2.22 bits per heavy atom. The van der Waals surface area contributed by atoms with E-state index in [0.717, 1.165) is 16.7 Å². The number of nitrogens with zero attached hydrogens (tertiary/aromatic N) is 1. The van der Waals surface area contributed by atoms with Crippen LogP contribution in [0, 0.1) is 6.92 Å². The minimum atomic E-state index is -0.482. The van der Waals surface area contributed by atoms with Gasteiger partial charge >= 0.3 is 0 Å². The van der Waals surface area contributed by atoms with Crippen molar-refractivity contribution in [3.8, 4) is 0 Å². The average Bonchev–Trinajstić information content (AvgIpc) is 2.71. The van der Waals surface area contributed by atoms with Crippen LogP contribution in [0.1, 0.15) is 16.7 Å². The first-order valence-corrected chi connectivity index (χ1v) is 8.74. The fourth-order valence-corrected chi connectivity index (χ4v) is 2.72. The van der Waals surface area contributed by atoms with Crippen LogP contribution in [-0.4, -0.2) is 11.1 Å². The first-order valence-electron chi connectivity index (χ1n) is 8.74. The molecule has 1 N–H and O–H groups in total. The number of hydrogen-bond acceptors (Lipinski definition) is 2. The van der Waals surface area contributed by atoms with E-state index < -0.39 is 5.91 Å². The first kappa shape index (κ1) is 18.4. The van der Waals surface area contributed by atoms with E-state index in [1.54, 1.807) is 18.2 Å². The number of aryl methyl sites for hydroxylation is 1. The van der Waals surface area contributed by atoms with Gasteiger partial charge in [0.2, 0.25) is 0 Å². The predicted octanol–water partition coefficient (Wildman–Crippen LogP) is 5.51. The van der Waals surface area contributed by atoms with Gasteiger partial charge in [0.05, 0.1) is 5.69 Å². The van der Waals surface area contributed by atoms with Gasteiger partial charge in [-0.2, -0.15) is 5.06 Å². The molecule has 134 valence electrons. The summed E-state index contributed by atoms with van der Waals surface area (Å²) in [6.07, 6.45) is 5.47. The molecular weight excluding hydrogens is 334 g/mol. The van der Waals surface area contributed by atoms with Crippen LogP contribution in [0.25, 0.3) is 11.6 Å². The van der Waals surface area contributed by atoms with Crippen molar-refractivity contribution < 1.29 is 10.0 Å². The molecule has 0 bridgehead atoms. The fourth-order valence-electron chi connectivity index (χ4n) is 2.72. The molecule has 0 heterocycles. The van der Waals surface area contributed by atoms with Crippen LogP contribution >= 0.6 is 0 Å². The van der Waals surface area contributed by atoms with Crippen molar-refractivity contribution in [2.45, 2.75) is 6.92 Å². The van der Waals surface area contributed by atoms with E-state index in [-0.39, 0.29) is 0 Å². The summed E-state index contributed by atoms with van der Waals surface area (Å²) < 4.78 is 0. The molecule has 0 radical (unpaired) electrons. The smallest absolute Gasteiger partial charge is 0.281 e. The molecule has 0 atom stereocenters. The lowest BCUT2D eigenvalue weighted by molar-refractivity contribution is -0.118. The van der Waals surface area contributed by atoms with E-state index in [4.69, 9.17) is 0 Å². The van der Waals surface area contributed by atoms with Gasteiger partial charge < -0.3 is 0 Å². The number of rotatable bonds is 5. The summed E-state index contributed by atoms with van der Waals surface area (Å²) in [6.45, 7) is 1.92. The van der Waals surface area contributed by atoms with Gasteiger partial charge in [0.1, 0.15) is 0 Å². The minimum Gasteiger partial charge on any atom is -0.281 e. The van der Waals surface area contributed by atoms with E-state index in [1.807, 2.05) is 91.9 Å². The monoisotopic (exact) mass is 355 g/mol. The quantitative estimate of drug-likeness (QED) is 0.283. The molecule has 3 aromatic carbocycles. The standard InChI is InChI=1S/C24H21NO2/c1-19-10-8-16-22(18-19)25(27)24(26)23(21-14-6-3-7-15-21)17-9-13-20-11-4-2-5-12-20/h2-18,27H,1H3/b13-9+,23-17+. The Labute approximate surface area is 159 Å². The zero-order valence-electron chi connectivity index (χ0n) is 15.1. The lowest BCUT2D eigenvalue weighted by Gasteiger charge is -2.17. The molecule has 0 unspecified atom stereocenters. The summed E-state index contributed by atoms with van der Waals surface area (Å²) in [5.41, 5.74) is 3.59. The third-order valence-corrected chi connectivity index (χ3v) is 4.10. The van der Waals surface area contributed by atoms with Gasteiger partial charge in [-0.25, -0.2) is 0 Å². The zero-order chi connectivity index (χ0) is 19.1. The highest BCUT2D eigenvalue weighted by Crippen LogP contribution is 2.22. The maximum absolute atomic E-state index is 13.0. The van der Waals surface area contributed by atoms with Crippen LogP contribution in [0.15, 0.2) is 97.1 Å². The summed E-state index contributed by atoms with van der Waals surface area (Å²) in [7, 11) is 0. The Bertz CT molecular complexity index is 960. The van der Waals surface area contributed by atoms with Crippen LogP contribution in [0.4, 0.5) is 5.69 Å². The minimum absolute atomic E-state index is 0.409. The Morgan fingerprint density at radius 1 is 0.889 bits per heavy atom. The number of carbonyl (C=O) groups excluding carboxylic acids is 1. The van der Waals surface area contributed by atoms with Crippen LogP contribution in [0.2, 0.25) is 0 Å². The molecule has 27 heavy (non-hydrogen) atoms. The fraction of sp³-hybridized carbons (Fsp3) is 0.0417. The predicted molar refractivity (Wildman–Crippen MR) is 110 cm³/mol. The lowest BCUT2D eigenvalue weighted by atomic mass is 10.0. The number of hydrogen-bond donors (Lipinski definition) is 1. The topological polar surface area (TPSA) is 40.5 Å². The largest absolute Gasteiger partial charge is 0.282 e. The van der Waals surface area contributed by atoms with Gasteiger partial charge in [-0.3, -0.25) is 10.0 Å². The number of amides is 1. The van der Waals surface area contributed by atoms with Gasteiger partial charge in [-0.15, -0.1) is 0 Å². The highest BCUT2D eigenvalue weighted by atomic mass is 16.5. The number of anilines is 1. The number of allylic oxidation sites excluding steroid dienone is 2. The molecule has 0 aliphatic carbocycles. The van der Waals surface area contributed by atoms with Crippen LogP contribution in [0.5, 0.6) is 0 Å². The molecule has 0 aromatic heterocycles. The van der Waals surface area contributed by atoms with Crippen LogP contribution in [0.3, 0.4) is 0 Å². The molecule has 0 saturated heterocycles. The van der Waals surface area contributed by atoms with Crippen molar-refractivity contribution in [2.75, 3.05) is 5.06 Å². The van der Waals surface area contributed by atoms with E-state index >= 15 is 0 Å². The average molecular weight is 355 g/mol. The lowest BCUT2D eigenvalue weighted by Crippen LogP contribution is -2.27. The van der Waals surface area contributed by atoms with Crippen LogP contribution in [-0.2, 0) is 4.79 Å². The van der Waals surface area contributed by atoms with Crippen molar-refractivity contribution in [3.63, 3.8) is 0 Å². The zero-order valence-corrected chi connectivity index (χ0v) is 15.1. The summed E-state index contributed by atoms with van der Waals surface area (Å²) in [4.78, 5) is 13.0. The summed E-state index contributed by atoms with van der Waals surface area (Å²) in [5.74, 6) is -0.482. The Hall–Kier alpha value is -3.43.